The highest BCUT2D eigenvalue weighted by atomic mass is 16.6. The molecule has 3 N–H and O–H groups in total. The van der Waals surface area contributed by atoms with Crippen molar-refractivity contribution in [2.24, 2.45) is 0 Å². The van der Waals surface area contributed by atoms with Crippen LogP contribution in [0.5, 0.6) is 0 Å². The lowest BCUT2D eigenvalue weighted by Gasteiger charge is -2.10. The number of rotatable bonds is 5. The first-order chi connectivity index (χ1) is 13.5. The van der Waals surface area contributed by atoms with E-state index in [0.717, 1.165) is 6.07 Å². The third kappa shape index (κ3) is 4.15. The Morgan fingerprint density at radius 3 is 2.36 bits per heavy atom. The molecule has 0 saturated heterocycles. The number of nitro benzene ring substituents is 1. The number of anilines is 2. The number of benzene rings is 2. The second-order valence-corrected chi connectivity index (χ2v) is 5.78. The van der Waals surface area contributed by atoms with Crippen LogP contribution in [-0.4, -0.2) is 16.7 Å². The summed E-state index contributed by atoms with van der Waals surface area (Å²) in [5.74, 6) is -0.848. The molecule has 3 aromatic rings. The molecule has 2 amide bonds. The van der Waals surface area contributed by atoms with E-state index in [0.29, 0.717) is 11.4 Å². The topological polar surface area (TPSA) is 127 Å². The summed E-state index contributed by atoms with van der Waals surface area (Å²) in [6, 6.07) is 14.4. The molecule has 1 heterocycles. The highest BCUT2D eigenvalue weighted by Gasteiger charge is 2.19. The number of nitrogens with zero attached hydrogens (tertiary/aromatic N) is 1. The number of carbonyl (C=O) groups is 2. The Labute approximate surface area is 159 Å². The van der Waals surface area contributed by atoms with Gasteiger partial charge in [-0.05, 0) is 37.3 Å². The Balaban J connectivity index is 1.74. The van der Waals surface area contributed by atoms with Crippen LogP contribution in [0.15, 0.2) is 65.3 Å². The monoisotopic (exact) mass is 380 g/mol. The maximum absolute atomic E-state index is 12.3. The van der Waals surface area contributed by atoms with E-state index in [-0.39, 0.29) is 22.5 Å². The summed E-state index contributed by atoms with van der Waals surface area (Å²) in [5, 5.41) is 14.3. The second kappa shape index (κ2) is 8.04. The van der Waals surface area contributed by atoms with Crippen LogP contribution in [0, 0.1) is 17.0 Å². The number of amides is 2. The molecule has 9 heteroatoms. The van der Waals surface area contributed by atoms with Crippen LogP contribution in [0.3, 0.4) is 0 Å². The lowest BCUT2D eigenvalue weighted by Crippen LogP contribution is -2.41. The molecule has 0 spiro atoms. The van der Waals surface area contributed by atoms with Crippen molar-refractivity contribution in [1.82, 2.24) is 10.9 Å². The lowest BCUT2D eigenvalue weighted by molar-refractivity contribution is -0.383. The number of hydrogen-bond acceptors (Lipinski definition) is 6. The highest BCUT2D eigenvalue weighted by Crippen LogP contribution is 2.28. The number of hydrogen-bond donors (Lipinski definition) is 3. The number of nitrogens with one attached hydrogen (secondary N) is 3. The minimum Gasteiger partial charge on any atom is -0.469 e. The van der Waals surface area contributed by atoms with Crippen molar-refractivity contribution >= 4 is 28.9 Å². The van der Waals surface area contributed by atoms with E-state index in [1.54, 1.807) is 31.2 Å². The molecule has 0 saturated carbocycles. The fourth-order valence-corrected chi connectivity index (χ4v) is 2.48. The predicted octanol–water partition coefficient (Wildman–Crippen LogP) is 3.31. The largest absolute Gasteiger partial charge is 0.469 e. The van der Waals surface area contributed by atoms with Crippen LogP contribution < -0.4 is 16.2 Å². The molecular weight excluding hydrogens is 364 g/mol. The molecule has 0 fully saturated rings. The summed E-state index contributed by atoms with van der Waals surface area (Å²) in [5.41, 5.74) is 5.41. The molecular formula is C19H16N4O5. The fraction of sp³-hybridized carbons (Fsp3) is 0.0526. The van der Waals surface area contributed by atoms with Gasteiger partial charge in [0.15, 0.2) is 0 Å². The van der Waals surface area contributed by atoms with Crippen molar-refractivity contribution in [2.45, 2.75) is 6.92 Å². The van der Waals surface area contributed by atoms with Crippen LogP contribution in [0.2, 0.25) is 0 Å². The van der Waals surface area contributed by atoms with E-state index in [4.69, 9.17) is 4.42 Å². The number of aryl methyl sites for hydroxylation is 1. The van der Waals surface area contributed by atoms with Crippen LogP contribution >= 0.6 is 0 Å². The number of furan rings is 1. The van der Waals surface area contributed by atoms with Gasteiger partial charge >= 0.3 is 0 Å². The molecule has 2 aromatic carbocycles. The van der Waals surface area contributed by atoms with Gasteiger partial charge in [0.05, 0.1) is 16.7 Å². The van der Waals surface area contributed by atoms with Crippen molar-refractivity contribution in [1.29, 1.82) is 0 Å². The van der Waals surface area contributed by atoms with Gasteiger partial charge in [0.1, 0.15) is 11.4 Å². The molecule has 0 atom stereocenters. The van der Waals surface area contributed by atoms with Crippen molar-refractivity contribution < 1.29 is 18.9 Å². The number of carbonyl (C=O) groups excluding carboxylic acids is 2. The SMILES string of the molecule is Cc1occc1C(=O)NNC(=O)c1ccc(Nc2ccccc2)c([N+](=O)[O-])c1. The minimum absolute atomic E-state index is 0.0227. The van der Waals surface area contributed by atoms with Crippen molar-refractivity contribution in [3.63, 3.8) is 0 Å². The molecule has 0 bridgehead atoms. The Bertz CT molecular complexity index is 1030. The predicted molar refractivity (Wildman–Crippen MR) is 101 cm³/mol. The molecule has 28 heavy (non-hydrogen) atoms. The van der Waals surface area contributed by atoms with E-state index in [9.17, 15) is 19.7 Å². The van der Waals surface area contributed by atoms with E-state index in [2.05, 4.69) is 16.2 Å². The van der Waals surface area contributed by atoms with Gasteiger partial charge in [-0.25, -0.2) is 0 Å². The van der Waals surface area contributed by atoms with Gasteiger partial charge in [0, 0.05) is 17.3 Å². The van der Waals surface area contributed by atoms with Crippen LogP contribution in [-0.2, 0) is 0 Å². The van der Waals surface area contributed by atoms with Crippen LogP contribution in [0.1, 0.15) is 26.5 Å². The van der Waals surface area contributed by atoms with Crippen molar-refractivity contribution in [3.05, 3.63) is 87.9 Å². The molecule has 9 nitrogen and oxygen atoms in total. The van der Waals surface area contributed by atoms with E-state index in [1.807, 2.05) is 6.07 Å². The third-order valence-electron chi connectivity index (χ3n) is 3.90. The van der Waals surface area contributed by atoms with E-state index < -0.39 is 16.7 Å². The smallest absolute Gasteiger partial charge is 0.293 e. The van der Waals surface area contributed by atoms with Gasteiger partial charge in [-0.1, -0.05) is 18.2 Å². The first-order valence-corrected chi connectivity index (χ1v) is 8.21. The molecule has 0 radical (unpaired) electrons. The van der Waals surface area contributed by atoms with Crippen LogP contribution in [0.4, 0.5) is 17.1 Å². The van der Waals surface area contributed by atoms with Gasteiger partial charge in [-0.15, -0.1) is 0 Å². The van der Waals surface area contributed by atoms with E-state index >= 15 is 0 Å². The zero-order chi connectivity index (χ0) is 20.1. The molecule has 0 aliphatic carbocycles. The first-order valence-electron chi connectivity index (χ1n) is 8.21. The Morgan fingerprint density at radius 1 is 1.00 bits per heavy atom. The molecule has 142 valence electrons. The molecule has 0 aliphatic heterocycles. The standard InChI is InChI=1S/C19H16N4O5/c1-12-15(9-10-28-12)19(25)22-21-18(24)13-7-8-16(17(11-13)23(26)27)20-14-5-3-2-4-6-14/h2-11,20H,1H3,(H,21,24)(H,22,25). The Kier molecular flexibility index (Phi) is 5.35. The maximum atomic E-state index is 12.3. The van der Waals surface area contributed by atoms with Gasteiger partial charge in [0.25, 0.3) is 17.5 Å². The average molecular weight is 380 g/mol. The third-order valence-corrected chi connectivity index (χ3v) is 3.90. The summed E-state index contributed by atoms with van der Waals surface area (Å²) in [4.78, 5) is 35.1. The number of nitro groups is 1. The second-order valence-electron chi connectivity index (χ2n) is 5.78. The van der Waals surface area contributed by atoms with Gasteiger partial charge in [-0.2, -0.15) is 0 Å². The molecule has 1 aromatic heterocycles. The van der Waals surface area contributed by atoms with Crippen molar-refractivity contribution in [3.8, 4) is 0 Å². The summed E-state index contributed by atoms with van der Waals surface area (Å²) >= 11 is 0. The maximum Gasteiger partial charge on any atom is 0.293 e. The lowest BCUT2D eigenvalue weighted by atomic mass is 10.1. The minimum atomic E-state index is -0.691. The van der Waals surface area contributed by atoms with Crippen molar-refractivity contribution in [2.75, 3.05) is 5.32 Å². The zero-order valence-corrected chi connectivity index (χ0v) is 14.8. The van der Waals surface area contributed by atoms with Gasteiger partial charge in [0.2, 0.25) is 0 Å². The summed E-state index contributed by atoms with van der Waals surface area (Å²) in [7, 11) is 0. The summed E-state index contributed by atoms with van der Waals surface area (Å²) in [6.45, 7) is 1.61. The Morgan fingerprint density at radius 2 is 1.71 bits per heavy atom. The Hall–Kier alpha value is -4.14. The molecule has 3 rings (SSSR count). The zero-order valence-electron chi connectivity index (χ0n) is 14.8. The number of hydrazine groups is 1. The highest BCUT2D eigenvalue weighted by molar-refractivity contribution is 6.00. The molecule has 0 unspecified atom stereocenters. The van der Waals surface area contributed by atoms with Gasteiger partial charge in [-0.3, -0.25) is 30.6 Å². The molecule has 0 aliphatic rings. The average Bonchev–Trinajstić information content (AvgIpc) is 3.12. The first kappa shape index (κ1) is 18.6. The normalized spacial score (nSPS) is 10.2. The van der Waals surface area contributed by atoms with Gasteiger partial charge < -0.3 is 9.73 Å². The fourth-order valence-electron chi connectivity index (χ4n) is 2.48. The summed E-state index contributed by atoms with van der Waals surface area (Å²) < 4.78 is 5.03. The quantitative estimate of drug-likeness (QED) is 0.460. The summed E-state index contributed by atoms with van der Waals surface area (Å²) in [6.07, 6.45) is 1.36. The van der Waals surface area contributed by atoms with Crippen LogP contribution in [0.25, 0.3) is 0 Å². The number of para-hydroxylation sites is 1. The van der Waals surface area contributed by atoms with E-state index in [1.165, 1.54) is 24.5 Å².